The van der Waals surface area contributed by atoms with Gasteiger partial charge < -0.3 is 30.9 Å². The van der Waals surface area contributed by atoms with Gasteiger partial charge in [0.15, 0.2) is 5.96 Å². The van der Waals surface area contributed by atoms with Crippen LogP contribution in [0.1, 0.15) is 31.8 Å². The molecule has 0 aliphatic rings. The standard InChI is InChI=1S/C26H23ClN4O7/c27-21-12-20(38-25(37)16-4-7-19(8-5-16)30-26(28)29)9-6-17(21)11-22(32)31(14-23(33)34)13-15-2-1-3-18(10-15)24(35)36/h1-10,12H,11,13-14H2,(H,33,34)(H,35,36)(H4,28,29,30). The van der Waals surface area contributed by atoms with Gasteiger partial charge in [-0.05, 0) is 59.7 Å². The Morgan fingerprint density at radius 2 is 1.68 bits per heavy atom. The monoisotopic (exact) mass is 538 g/mol. The Kier molecular flexibility index (Phi) is 9.01. The zero-order valence-corrected chi connectivity index (χ0v) is 20.6. The molecule has 0 unspecified atom stereocenters. The molecule has 11 nitrogen and oxygen atoms in total. The summed E-state index contributed by atoms with van der Waals surface area (Å²) in [6.07, 6.45) is -0.233. The molecule has 0 heterocycles. The number of nitrogens with one attached hydrogen (secondary N) is 2. The van der Waals surface area contributed by atoms with Crippen LogP contribution < -0.4 is 15.8 Å². The van der Waals surface area contributed by atoms with Crippen molar-refractivity contribution in [2.45, 2.75) is 13.0 Å². The predicted octanol–water partition coefficient (Wildman–Crippen LogP) is 3.22. The number of anilines is 1. The highest BCUT2D eigenvalue weighted by atomic mass is 35.5. The minimum atomic E-state index is -1.23. The number of hydrogen-bond donors (Lipinski definition) is 5. The molecule has 38 heavy (non-hydrogen) atoms. The number of carbonyl (C=O) groups is 4. The molecule has 12 heteroatoms. The Balaban J connectivity index is 1.69. The van der Waals surface area contributed by atoms with Crippen LogP contribution in [0.3, 0.4) is 0 Å². The first-order valence-corrected chi connectivity index (χ1v) is 11.4. The molecule has 0 saturated heterocycles. The fraction of sp³-hybridized carbons (Fsp3) is 0.115. The number of carboxylic acids is 2. The summed E-state index contributed by atoms with van der Waals surface area (Å²) in [5, 5.41) is 28.4. The van der Waals surface area contributed by atoms with Crippen LogP contribution >= 0.6 is 11.6 Å². The van der Waals surface area contributed by atoms with Crippen molar-refractivity contribution in [1.29, 1.82) is 5.41 Å². The average molecular weight is 539 g/mol. The van der Waals surface area contributed by atoms with Gasteiger partial charge in [0.2, 0.25) is 5.91 Å². The fourth-order valence-electron chi connectivity index (χ4n) is 3.44. The molecule has 0 aliphatic carbocycles. The maximum Gasteiger partial charge on any atom is 0.343 e. The summed E-state index contributed by atoms with van der Waals surface area (Å²) in [6.45, 7) is -0.704. The molecule has 0 bridgehead atoms. The number of rotatable bonds is 10. The number of aromatic carboxylic acids is 1. The smallest absolute Gasteiger partial charge is 0.343 e. The summed E-state index contributed by atoms with van der Waals surface area (Å²) in [7, 11) is 0. The first kappa shape index (κ1) is 27.7. The number of hydrogen-bond acceptors (Lipinski definition) is 6. The number of benzene rings is 3. The van der Waals surface area contributed by atoms with Crippen LogP contribution in [0.15, 0.2) is 66.7 Å². The maximum absolute atomic E-state index is 12.9. The van der Waals surface area contributed by atoms with E-state index in [2.05, 4.69) is 5.32 Å². The highest BCUT2D eigenvalue weighted by molar-refractivity contribution is 6.31. The highest BCUT2D eigenvalue weighted by Crippen LogP contribution is 2.25. The quantitative estimate of drug-likeness (QED) is 0.112. The van der Waals surface area contributed by atoms with Gasteiger partial charge in [-0.3, -0.25) is 15.0 Å². The molecule has 0 aliphatic heterocycles. The van der Waals surface area contributed by atoms with E-state index in [0.717, 1.165) is 4.90 Å². The average Bonchev–Trinajstić information content (AvgIpc) is 2.85. The largest absolute Gasteiger partial charge is 0.480 e. The lowest BCUT2D eigenvalue weighted by atomic mass is 10.1. The van der Waals surface area contributed by atoms with E-state index in [9.17, 15) is 29.4 Å². The zero-order valence-electron chi connectivity index (χ0n) is 19.8. The topological polar surface area (TPSA) is 183 Å². The lowest BCUT2D eigenvalue weighted by molar-refractivity contribution is -0.144. The van der Waals surface area contributed by atoms with Gasteiger partial charge in [0.25, 0.3) is 0 Å². The minimum absolute atomic E-state index is 0.0158. The van der Waals surface area contributed by atoms with Gasteiger partial charge in [-0.15, -0.1) is 0 Å². The number of carboxylic acid groups (broad SMARTS) is 2. The van der Waals surface area contributed by atoms with E-state index in [-0.39, 0.29) is 40.8 Å². The van der Waals surface area contributed by atoms with Crippen molar-refractivity contribution in [2.24, 2.45) is 5.73 Å². The molecule has 0 aromatic heterocycles. The number of nitrogens with zero attached hydrogens (tertiary/aromatic N) is 1. The Morgan fingerprint density at radius 3 is 2.29 bits per heavy atom. The van der Waals surface area contributed by atoms with E-state index in [1.54, 1.807) is 18.2 Å². The van der Waals surface area contributed by atoms with Crippen LogP contribution in [0.2, 0.25) is 5.02 Å². The van der Waals surface area contributed by atoms with Crippen LogP contribution in [0.25, 0.3) is 0 Å². The van der Waals surface area contributed by atoms with Crippen molar-refractivity contribution in [3.05, 3.63) is 94.0 Å². The molecule has 3 aromatic rings. The molecule has 0 spiro atoms. The molecule has 0 radical (unpaired) electrons. The SMILES string of the molecule is N=C(N)Nc1ccc(C(=O)Oc2ccc(CC(=O)N(CC(=O)O)Cc3cccc(C(=O)O)c3)c(Cl)c2)cc1. The van der Waals surface area contributed by atoms with Crippen molar-refractivity contribution in [2.75, 3.05) is 11.9 Å². The predicted molar refractivity (Wildman–Crippen MR) is 139 cm³/mol. The third-order valence-corrected chi connectivity index (χ3v) is 5.55. The first-order valence-electron chi connectivity index (χ1n) is 11.1. The van der Waals surface area contributed by atoms with Gasteiger partial charge in [0.1, 0.15) is 12.3 Å². The fourth-order valence-corrected chi connectivity index (χ4v) is 3.68. The number of halogens is 1. The molecule has 0 saturated carbocycles. The number of carbonyl (C=O) groups excluding carboxylic acids is 2. The van der Waals surface area contributed by atoms with Gasteiger partial charge in [0.05, 0.1) is 17.5 Å². The van der Waals surface area contributed by atoms with Crippen molar-refractivity contribution < 1.29 is 34.1 Å². The summed E-state index contributed by atoms with van der Waals surface area (Å²) in [6, 6.07) is 16.3. The van der Waals surface area contributed by atoms with Crippen LogP contribution in [-0.4, -0.2) is 51.4 Å². The molecule has 3 rings (SSSR count). The summed E-state index contributed by atoms with van der Waals surface area (Å²) >= 11 is 6.31. The van der Waals surface area contributed by atoms with Gasteiger partial charge in [-0.2, -0.15) is 0 Å². The van der Waals surface area contributed by atoms with Crippen LogP contribution in [0.4, 0.5) is 5.69 Å². The molecule has 196 valence electrons. The number of esters is 1. The summed E-state index contributed by atoms with van der Waals surface area (Å²) < 4.78 is 5.34. The molecule has 0 atom stereocenters. The third-order valence-electron chi connectivity index (χ3n) is 5.20. The number of guanidine groups is 1. The number of amides is 1. The number of ether oxygens (including phenoxy) is 1. The zero-order chi connectivity index (χ0) is 27.8. The normalized spacial score (nSPS) is 10.3. The van der Waals surface area contributed by atoms with E-state index in [4.69, 9.17) is 27.5 Å². The Morgan fingerprint density at radius 1 is 0.974 bits per heavy atom. The second kappa shape index (κ2) is 12.4. The summed E-state index contributed by atoms with van der Waals surface area (Å²) in [4.78, 5) is 49.0. The van der Waals surface area contributed by atoms with E-state index < -0.39 is 30.4 Å². The molecule has 3 aromatic carbocycles. The van der Waals surface area contributed by atoms with Gasteiger partial charge in [-0.25, -0.2) is 9.59 Å². The minimum Gasteiger partial charge on any atom is -0.480 e. The highest BCUT2D eigenvalue weighted by Gasteiger charge is 2.20. The number of aliphatic carboxylic acids is 1. The van der Waals surface area contributed by atoms with Crippen LogP contribution in [0.5, 0.6) is 5.75 Å². The second-order valence-electron chi connectivity index (χ2n) is 8.08. The Bertz CT molecular complexity index is 1390. The van der Waals surface area contributed by atoms with Crippen LogP contribution in [0, 0.1) is 5.41 Å². The van der Waals surface area contributed by atoms with Crippen molar-refractivity contribution in [1.82, 2.24) is 4.90 Å². The molecule has 6 N–H and O–H groups in total. The Hall–Kier alpha value is -4.90. The lowest BCUT2D eigenvalue weighted by Crippen LogP contribution is -2.36. The van der Waals surface area contributed by atoms with E-state index in [0.29, 0.717) is 16.8 Å². The van der Waals surface area contributed by atoms with Gasteiger partial charge in [-0.1, -0.05) is 29.8 Å². The molecular formula is C26H23ClN4O7. The molecule has 0 fully saturated rings. The van der Waals surface area contributed by atoms with E-state index in [1.807, 2.05) is 0 Å². The third kappa shape index (κ3) is 7.80. The van der Waals surface area contributed by atoms with Crippen molar-refractivity contribution in [3.8, 4) is 5.75 Å². The van der Waals surface area contributed by atoms with Crippen molar-refractivity contribution in [3.63, 3.8) is 0 Å². The first-order chi connectivity index (χ1) is 18.0. The van der Waals surface area contributed by atoms with Crippen molar-refractivity contribution >= 4 is 47.1 Å². The lowest BCUT2D eigenvalue weighted by Gasteiger charge is -2.21. The summed E-state index contributed by atoms with van der Waals surface area (Å²) in [5.74, 6) is -3.68. The second-order valence-corrected chi connectivity index (χ2v) is 8.49. The van der Waals surface area contributed by atoms with E-state index >= 15 is 0 Å². The number of nitrogens with two attached hydrogens (primary N) is 1. The summed E-state index contributed by atoms with van der Waals surface area (Å²) in [5.41, 5.74) is 6.89. The van der Waals surface area contributed by atoms with E-state index in [1.165, 1.54) is 48.5 Å². The van der Waals surface area contributed by atoms with Crippen LogP contribution in [-0.2, 0) is 22.6 Å². The molecular weight excluding hydrogens is 516 g/mol. The van der Waals surface area contributed by atoms with Gasteiger partial charge >= 0.3 is 17.9 Å². The van der Waals surface area contributed by atoms with Gasteiger partial charge in [0, 0.05) is 17.3 Å². The maximum atomic E-state index is 12.9. The Labute approximate surface area is 221 Å². The molecule has 1 amide bonds.